The molecule has 0 spiro atoms. The van der Waals surface area contributed by atoms with E-state index in [0.717, 1.165) is 12.3 Å². The largest absolute Gasteiger partial charge is 0.287 e. The lowest BCUT2D eigenvalue weighted by Gasteiger charge is -2.01. The van der Waals surface area contributed by atoms with Gasteiger partial charge >= 0.3 is 0 Å². The molecule has 1 radical (unpaired) electrons. The fourth-order valence-electron chi connectivity index (χ4n) is 1.93. The van der Waals surface area contributed by atoms with Crippen molar-refractivity contribution in [3.63, 3.8) is 0 Å². The minimum absolute atomic E-state index is 0.863. The number of hydrogen-bond donors (Lipinski definition) is 0. The SMILES string of the molecule is CCCCCCCCCCCC[P](=O)CC. The van der Waals surface area contributed by atoms with Crippen molar-refractivity contribution in [1.29, 1.82) is 0 Å². The quantitative estimate of drug-likeness (QED) is 0.316. The second kappa shape index (κ2) is 13.2. The molecule has 0 bridgehead atoms. The lowest BCUT2D eigenvalue weighted by atomic mass is 10.1. The maximum atomic E-state index is 11.2. The van der Waals surface area contributed by atoms with Crippen LogP contribution in [0.3, 0.4) is 0 Å². The first-order valence-electron chi connectivity index (χ1n) is 7.23. The molecule has 1 nitrogen and oxygen atoms in total. The molecule has 2 heteroatoms. The van der Waals surface area contributed by atoms with Crippen molar-refractivity contribution < 1.29 is 4.57 Å². The fraction of sp³-hybridized carbons (Fsp3) is 1.00. The van der Waals surface area contributed by atoms with Crippen LogP contribution in [-0.4, -0.2) is 12.3 Å². The summed E-state index contributed by atoms with van der Waals surface area (Å²) in [5.41, 5.74) is 0. The first-order chi connectivity index (χ1) is 7.81. The van der Waals surface area contributed by atoms with Crippen LogP contribution in [0.5, 0.6) is 0 Å². The Morgan fingerprint density at radius 1 is 0.688 bits per heavy atom. The van der Waals surface area contributed by atoms with E-state index in [4.69, 9.17) is 0 Å². The summed E-state index contributed by atoms with van der Waals surface area (Å²) in [5.74, 6) is 0. The molecule has 0 aliphatic rings. The van der Waals surface area contributed by atoms with Crippen LogP contribution in [0.1, 0.15) is 78.1 Å². The van der Waals surface area contributed by atoms with Gasteiger partial charge in [0.15, 0.2) is 0 Å². The van der Waals surface area contributed by atoms with Crippen molar-refractivity contribution in [2.24, 2.45) is 0 Å². The van der Waals surface area contributed by atoms with Crippen LogP contribution in [0.4, 0.5) is 0 Å². The van der Waals surface area contributed by atoms with Crippen molar-refractivity contribution in [1.82, 2.24) is 0 Å². The summed E-state index contributed by atoms with van der Waals surface area (Å²) < 4.78 is 11.2. The summed E-state index contributed by atoms with van der Waals surface area (Å²) in [5, 5.41) is 0. The number of hydrogen-bond acceptors (Lipinski definition) is 1. The number of rotatable bonds is 12. The average molecular weight is 245 g/mol. The highest BCUT2D eigenvalue weighted by molar-refractivity contribution is 7.44. The van der Waals surface area contributed by atoms with Crippen LogP contribution < -0.4 is 0 Å². The van der Waals surface area contributed by atoms with Gasteiger partial charge in [0.2, 0.25) is 0 Å². The Labute approximate surface area is 103 Å². The second-order valence-electron chi connectivity index (χ2n) is 4.70. The summed E-state index contributed by atoms with van der Waals surface area (Å²) in [4.78, 5) is 0. The van der Waals surface area contributed by atoms with Gasteiger partial charge in [-0.25, -0.2) is 0 Å². The van der Waals surface area contributed by atoms with Gasteiger partial charge in [-0.05, 0) is 6.42 Å². The van der Waals surface area contributed by atoms with Crippen molar-refractivity contribution in [3.05, 3.63) is 0 Å². The van der Waals surface area contributed by atoms with Crippen LogP contribution >= 0.6 is 7.80 Å². The van der Waals surface area contributed by atoms with Gasteiger partial charge in [-0.15, -0.1) is 0 Å². The molecule has 0 heterocycles. The summed E-state index contributed by atoms with van der Waals surface area (Å²) in [6.45, 7) is 4.29. The van der Waals surface area contributed by atoms with E-state index in [1.54, 1.807) is 0 Å². The zero-order valence-corrected chi connectivity index (χ0v) is 12.2. The molecule has 0 aliphatic carbocycles. The van der Waals surface area contributed by atoms with Gasteiger partial charge in [0, 0.05) is 12.3 Å². The highest BCUT2D eigenvalue weighted by atomic mass is 31.1. The third-order valence-corrected chi connectivity index (χ3v) is 4.63. The lowest BCUT2D eigenvalue weighted by Crippen LogP contribution is -1.84. The number of unbranched alkanes of at least 4 members (excludes halogenated alkanes) is 9. The molecule has 0 aromatic carbocycles. The van der Waals surface area contributed by atoms with E-state index in [9.17, 15) is 4.57 Å². The normalized spacial score (nSPS) is 11.8. The predicted molar refractivity (Wildman–Crippen MR) is 74.9 cm³/mol. The van der Waals surface area contributed by atoms with Gasteiger partial charge in [-0.2, -0.15) is 0 Å². The molecule has 97 valence electrons. The molecule has 0 aliphatic heterocycles. The maximum absolute atomic E-state index is 11.2. The lowest BCUT2D eigenvalue weighted by molar-refractivity contribution is 0.559. The monoisotopic (exact) mass is 245 g/mol. The Morgan fingerprint density at radius 2 is 1.12 bits per heavy atom. The zero-order valence-electron chi connectivity index (χ0n) is 11.3. The van der Waals surface area contributed by atoms with Crippen LogP contribution in [0.2, 0.25) is 0 Å². The predicted octanol–water partition coefficient (Wildman–Crippen LogP) is 5.75. The van der Waals surface area contributed by atoms with E-state index in [0.29, 0.717) is 0 Å². The molecule has 1 atom stereocenters. The summed E-state index contributed by atoms with van der Waals surface area (Å²) in [6, 6.07) is 0. The van der Waals surface area contributed by atoms with Gasteiger partial charge in [0.05, 0.1) is 7.80 Å². The molecule has 0 aromatic heterocycles. The Balaban J connectivity index is 2.96. The van der Waals surface area contributed by atoms with Gasteiger partial charge in [-0.3, -0.25) is 4.57 Å². The zero-order chi connectivity index (χ0) is 12.1. The van der Waals surface area contributed by atoms with Crippen LogP contribution in [0, 0.1) is 0 Å². The smallest absolute Gasteiger partial charge is 0.0715 e. The standard InChI is InChI=1S/C14H30OP/c1-3-5-6-7-8-9-10-11-12-13-14-16(15)4-2/h3-14H2,1-2H3. The molecular formula is C14H30OP. The van der Waals surface area contributed by atoms with Crippen LogP contribution in [0.15, 0.2) is 0 Å². The van der Waals surface area contributed by atoms with Gasteiger partial charge in [-0.1, -0.05) is 71.6 Å². The molecule has 16 heavy (non-hydrogen) atoms. The van der Waals surface area contributed by atoms with E-state index < -0.39 is 7.80 Å². The highest BCUT2D eigenvalue weighted by Gasteiger charge is 1.96. The van der Waals surface area contributed by atoms with E-state index in [2.05, 4.69) is 6.92 Å². The first kappa shape index (κ1) is 16.1. The minimum atomic E-state index is -0.863. The van der Waals surface area contributed by atoms with E-state index >= 15 is 0 Å². The van der Waals surface area contributed by atoms with Crippen LogP contribution in [-0.2, 0) is 4.57 Å². The van der Waals surface area contributed by atoms with Gasteiger partial charge < -0.3 is 0 Å². The Hall–Kier alpha value is 0.100. The van der Waals surface area contributed by atoms with Crippen molar-refractivity contribution in [2.45, 2.75) is 78.1 Å². The molecule has 0 amide bonds. The molecule has 0 rings (SSSR count). The fourth-order valence-corrected chi connectivity index (χ4v) is 2.83. The molecular weight excluding hydrogens is 215 g/mol. The summed E-state index contributed by atoms with van der Waals surface area (Å²) in [7, 11) is -0.863. The average Bonchev–Trinajstić information content (AvgIpc) is 2.31. The minimum Gasteiger partial charge on any atom is -0.287 e. The third kappa shape index (κ3) is 12.2. The molecule has 0 saturated carbocycles. The van der Waals surface area contributed by atoms with Crippen LogP contribution in [0.25, 0.3) is 0 Å². The Morgan fingerprint density at radius 3 is 1.56 bits per heavy atom. The molecule has 0 N–H and O–H groups in total. The molecule has 0 saturated heterocycles. The molecule has 1 unspecified atom stereocenters. The molecule has 0 aromatic rings. The van der Waals surface area contributed by atoms with Crippen molar-refractivity contribution in [2.75, 3.05) is 12.3 Å². The Kier molecular flexibility index (Phi) is 13.2. The van der Waals surface area contributed by atoms with Gasteiger partial charge in [0.25, 0.3) is 0 Å². The maximum Gasteiger partial charge on any atom is 0.0715 e. The first-order valence-corrected chi connectivity index (χ1v) is 8.86. The second-order valence-corrected chi connectivity index (χ2v) is 6.75. The van der Waals surface area contributed by atoms with Crippen molar-refractivity contribution >= 4 is 7.80 Å². The van der Waals surface area contributed by atoms with Gasteiger partial charge in [0.1, 0.15) is 0 Å². The third-order valence-electron chi connectivity index (χ3n) is 3.11. The summed E-state index contributed by atoms with van der Waals surface area (Å²) >= 11 is 0. The van der Waals surface area contributed by atoms with E-state index in [1.165, 1.54) is 64.2 Å². The summed E-state index contributed by atoms with van der Waals surface area (Å²) in [6.07, 6.45) is 15.5. The van der Waals surface area contributed by atoms with Crippen molar-refractivity contribution in [3.8, 4) is 0 Å². The van der Waals surface area contributed by atoms with E-state index in [1.807, 2.05) is 6.92 Å². The topological polar surface area (TPSA) is 17.1 Å². The van der Waals surface area contributed by atoms with E-state index in [-0.39, 0.29) is 0 Å². The molecule has 0 fully saturated rings. The highest BCUT2D eigenvalue weighted by Crippen LogP contribution is 2.21. The Bertz CT molecular complexity index is 157.